The molecule has 0 aliphatic heterocycles. The molecule has 0 aliphatic carbocycles. The number of nitrogens with two attached hydrogens (primary N) is 2. The van der Waals surface area contributed by atoms with Gasteiger partial charge < -0.3 is 16.8 Å². The highest BCUT2D eigenvalue weighted by Gasteiger charge is 2.22. The van der Waals surface area contributed by atoms with Crippen LogP contribution in [0, 0.1) is 5.92 Å². The second-order valence-corrected chi connectivity index (χ2v) is 4.49. The van der Waals surface area contributed by atoms with Gasteiger partial charge in [-0.2, -0.15) is 0 Å². The van der Waals surface area contributed by atoms with Crippen molar-refractivity contribution in [1.82, 2.24) is 5.32 Å². The highest BCUT2D eigenvalue weighted by molar-refractivity contribution is 5.88. The molecule has 16 heavy (non-hydrogen) atoms. The molecule has 0 saturated carbocycles. The summed E-state index contributed by atoms with van der Waals surface area (Å²) >= 11 is 0. The Morgan fingerprint density at radius 3 is 2.25 bits per heavy atom. The van der Waals surface area contributed by atoms with Crippen LogP contribution in [-0.4, -0.2) is 23.9 Å². The standard InChI is InChI=1S/C11H23N3O2/c1-4-5-8(12)11(16)14-9(10(13)15)6-7(2)3/h7-9H,4-6,12H2,1-3H3,(H2,13,15)(H,14,16). The Morgan fingerprint density at radius 2 is 1.88 bits per heavy atom. The first kappa shape index (κ1) is 14.9. The molecule has 94 valence electrons. The molecule has 0 fully saturated rings. The zero-order chi connectivity index (χ0) is 12.7. The topological polar surface area (TPSA) is 98.2 Å². The number of carbonyl (C=O) groups is 2. The number of primary amides is 1. The van der Waals surface area contributed by atoms with Gasteiger partial charge in [0.1, 0.15) is 6.04 Å². The quantitative estimate of drug-likeness (QED) is 0.578. The van der Waals surface area contributed by atoms with Crippen molar-refractivity contribution in [2.75, 3.05) is 0 Å². The fraction of sp³-hybridized carbons (Fsp3) is 0.818. The summed E-state index contributed by atoms with van der Waals surface area (Å²) in [5.74, 6) is -0.516. The Kier molecular flexibility index (Phi) is 6.72. The third-order valence-electron chi connectivity index (χ3n) is 2.30. The third kappa shape index (κ3) is 5.70. The summed E-state index contributed by atoms with van der Waals surface area (Å²) < 4.78 is 0. The van der Waals surface area contributed by atoms with E-state index in [1.807, 2.05) is 20.8 Å². The fourth-order valence-corrected chi connectivity index (χ4v) is 1.44. The van der Waals surface area contributed by atoms with E-state index in [0.29, 0.717) is 18.8 Å². The minimum Gasteiger partial charge on any atom is -0.368 e. The highest BCUT2D eigenvalue weighted by Crippen LogP contribution is 2.05. The molecule has 0 aliphatic rings. The van der Waals surface area contributed by atoms with Gasteiger partial charge in [-0.05, 0) is 18.8 Å². The average molecular weight is 229 g/mol. The van der Waals surface area contributed by atoms with Crippen LogP contribution in [0.1, 0.15) is 40.0 Å². The normalized spacial score (nSPS) is 14.6. The van der Waals surface area contributed by atoms with E-state index in [1.54, 1.807) is 0 Å². The molecule has 0 saturated heterocycles. The van der Waals surface area contributed by atoms with E-state index in [0.717, 1.165) is 6.42 Å². The van der Waals surface area contributed by atoms with E-state index in [2.05, 4.69) is 5.32 Å². The van der Waals surface area contributed by atoms with Gasteiger partial charge in [-0.1, -0.05) is 27.2 Å². The maximum atomic E-state index is 11.6. The first-order chi connectivity index (χ1) is 7.38. The van der Waals surface area contributed by atoms with Crippen molar-refractivity contribution in [3.8, 4) is 0 Å². The van der Waals surface area contributed by atoms with Crippen LogP contribution >= 0.6 is 0 Å². The summed E-state index contributed by atoms with van der Waals surface area (Å²) in [5.41, 5.74) is 10.9. The molecule has 0 bridgehead atoms. The fourth-order valence-electron chi connectivity index (χ4n) is 1.44. The van der Waals surface area contributed by atoms with Crippen LogP contribution in [0.15, 0.2) is 0 Å². The second-order valence-electron chi connectivity index (χ2n) is 4.49. The number of hydrogen-bond donors (Lipinski definition) is 3. The molecule has 0 aromatic heterocycles. The highest BCUT2D eigenvalue weighted by atomic mass is 16.2. The van der Waals surface area contributed by atoms with Gasteiger partial charge in [0.15, 0.2) is 0 Å². The van der Waals surface area contributed by atoms with E-state index < -0.39 is 18.0 Å². The molecule has 0 radical (unpaired) electrons. The van der Waals surface area contributed by atoms with E-state index >= 15 is 0 Å². The molecule has 5 heteroatoms. The number of rotatable bonds is 7. The van der Waals surface area contributed by atoms with Gasteiger partial charge in [-0.25, -0.2) is 0 Å². The first-order valence-corrected chi connectivity index (χ1v) is 5.73. The van der Waals surface area contributed by atoms with Crippen LogP contribution < -0.4 is 16.8 Å². The predicted octanol–water partition coefficient (Wildman–Crippen LogP) is 0.130. The second kappa shape index (κ2) is 7.22. The van der Waals surface area contributed by atoms with E-state index in [9.17, 15) is 9.59 Å². The Morgan fingerprint density at radius 1 is 1.31 bits per heavy atom. The lowest BCUT2D eigenvalue weighted by Crippen LogP contribution is -2.50. The van der Waals surface area contributed by atoms with Crippen LogP contribution in [0.3, 0.4) is 0 Å². The summed E-state index contributed by atoms with van der Waals surface area (Å²) in [6.07, 6.45) is 1.99. The van der Waals surface area contributed by atoms with Gasteiger partial charge in [-0.3, -0.25) is 9.59 Å². The molecule has 0 heterocycles. The molecular formula is C11H23N3O2. The van der Waals surface area contributed by atoms with E-state index in [4.69, 9.17) is 11.5 Å². The van der Waals surface area contributed by atoms with Crippen molar-refractivity contribution in [3.05, 3.63) is 0 Å². The van der Waals surface area contributed by atoms with Crippen LogP contribution in [0.4, 0.5) is 0 Å². The van der Waals surface area contributed by atoms with Gasteiger partial charge in [0.05, 0.1) is 6.04 Å². The van der Waals surface area contributed by atoms with E-state index in [1.165, 1.54) is 0 Å². The van der Waals surface area contributed by atoms with Gasteiger partial charge in [0, 0.05) is 0 Å². The Balaban J connectivity index is 4.28. The van der Waals surface area contributed by atoms with Crippen LogP contribution in [0.2, 0.25) is 0 Å². The third-order valence-corrected chi connectivity index (χ3v) is 2.30. The minimum atomic E-state index is -0.615. The molecule has 0 rings (SSSR count). The van der Waals surface area contributed by atoms with Crippen molar-refractivity contribution in [3.63, 3.8) is 0 Å². The molecule has 2 amide bonds. The number of carbonyl (C=O) groups excluding carboxylic acids is 2. The summed E-state index contributed by atoms with van der Waals surface area (Å²) in [6, 6.07) is -1.17. The van der Waals surface area contributed by atoms with Crippen LogP contribution in [0.25, 0.3) is 0 Å². The zero-order valence-electron chi connectivity index (χ0n) is 10.3. The van der Waals surface area contributed by atoms with Crippen molar-refractivity contribution in [2.45, 2.75) is 52.1 Å². The molecule has 5 nitrogen and oxygen atoms in total. The Labute approximate surface area is 96.9 Å². The lowest BCUT2D eigenvalue weighted by Gasteiger charge is -2.19. The molecule has 5 N–H and O–H groups in total. The largest absolute Gasteiger partial charge is 0.368 e. The van der Waals surface area contributed by atoms with Gasteiger partial charge >= 0.3 is 0 Å². The maximum Gasteiger partial charge on any atom is 0.240 e. The average Bonchev–Trinajstić information content (AvgIpc) is 2.16. The molecule has 0 aromatic carbocycles. The monoisotopic (exact) mass is 229 g/mol. The van der Waals surface area contributed by atoms with E-state index in [-0.39, 0.29) is 5.91 Å². The maximum absolute atomic E-state index is 11.6. The lowest BCUT2D eigenvalue weighted by molar-refractivity contribution is -0.128. The number of hydrogen-bond acceptors (Lipinski definition) is 3. The molecular weight excluding hydrogens is 206 g/mol. The minimum absolute atomic E-state index is 0.292. The first-order valence-electron chi connectivity index (χ1n) is 5.73. The lowest BCUT2D eigenvalue weighted by atomic mass is 10.0. The summed E-state index contributed by atoms with van der Waals surface area (Å²) in [6.45, 7) is 5.88. The van der Waals surface area contributed by atoms with Gasteiger partial charge in [-0.15, -0.1) is 0 Å². The van der Waals surface area contributed by atoms with Crippen molar-refractivity contribution in [1.29, 1.82) is 0 Å². The Bertz CT molecular complexity index is 241. The van der Waals surface area contributed by atoms with Crippen LogP contribution in [0.5, 0.6) is 0 Å². The zero-order valence-corrected chi connectivity index (χ0v) is 10.3. The van der Waals surface area contributed by atoms with Gasteiger partial charge in [0.2, 0.25) is 11.8 Å². The predicted molar refractivity (Wildman–Crippen MR) is 63.5 cm³/mol. The van der Waals surface area contributed by atoms with Crippen molar-refractivity contribution >= 4 is 11.8 Å². The molecule has 0 spiro atoms. The van der Waals surface area contributed by atoms with Gasteiger partial charge in [0.25, 0.3) is 0 Å². The molecule has 2 atom stereocenters. The summed E-state index contributed by atoms with van der Waals surface area (Å²) in [4.78, 5) is 22.7. The van der Waals surface area contributed by atoms with Crippen LogP contribution in [-0.2, 0) is 9.59 Å². The molecule has 2 unspecified atom stereocenters. The van der Waals surface area contributed by atoms with Crippen molar-refractivity contribution in [2.24, 2.45) is 17.4 Å². The smallest absolute Gasteiger partial charge is 0.240 e. The SMILES string of the molecule is CCCC(N)C(=O)NC(CC(C)C)C(N)=O. The number of amides is 2. The number of nitrogens with one attached hydrogen (secondary N) is 1. The summed E-state index contributed by atoms with van der Waals surface area (Å²) in [7, 11) is 0. The Hall–Kier alpha value is -1.10. The van der Waals surface area contributed by atoms with Crippen molar-refractivity contribution < 1.29 is 9.59 Å². The molecule has 0 aromatic rings. The summed E-state index contributed by atoms with van der Waals surface area (Å²) in [5, 5.41) is 2.59.